The minimum Gasteiger partial charge on any atom is -0.352 e. The molecule has 1 saturated heterocycles. The fourth-order valence-electron chi connectivity index (χ4n) is 4.38. The molecule has 3 N–H and O–H groups in total. The van der Waals surface area contributed by atoms with E-state index < -0.39 is 21.8 Å². The second kappa shape index (κ2) is 9.91. The molecule has 0 amide bonds. The largest absolute Gasteiger partial charge is 0.352 e. The third-order valence-corrected chi connectivity index (χ3v) is 7.80. The predicted molar refractivity (Wildman–Crippen MR) is 124 cm³/mol. The van der Waals surface area contributed by atoms with Crippen molar-refractivity contribution in [2.75, 3.05) is 23.1 Å². The fraction of sp³-hybridized carbons (Fsp3) is 0.455. The maximum atomic E-state index is 14.4. The van der Waals surface area contributed by atoms with Crippen LogP contribution >= 0.6 is 11.6 Å². The van der Waals surface area contributed by atoms with E-state index >= 15 is 0 Å². The van der Waals surface area contributed by atoms with Crippen LogP contribution < -0.4 is 15.4 Å². The van der Waals surface area contributed by atoms with Crippen molar-refractivity contribution < 1.29 is 17.2 Å². The molecule has 0 radical (unpaired) electrons. The molecule has 0 bridgehead atoms. The van der Waals surface area contributed by atoms with Crippen molar-refractivity contribution in [2.45, 2.75) is 50.6 Å². The maximum Gasteiger partial charge on any atom is 0.301 e. The lowest BCUT2D eigenvalue weighted by atomic mass is 10.1. The Labute approximate surface area is 192 Å². The zero-order valence-corrected chi connectivity index (χ0v) is 19.2. The minimum atomic E-state index is -3.93. The van der Waals surface area contributed by atoms with Crippen molar-refractivity contribution in [3.05, 3.63) is 53.1 Å². The Balaban J connectivity index is 1.48. The molecule has 2 aromatic carbocycles. The number of nitrogens with one attached hydrogen (secondary N) is 3. The van der Waals surface area contributed by atoms with E-state index in [0.29, 0.717) is 29.8 Å². The molecule has 174 valence electrons. The van der Waals surface area contributed by atoms with E-state index in [1.165, 1.54) is 23.2 Å². The van der Waals surface area contributed by atoms with Gasteiger partial charge >= 0.3 is 10.2 Å². The lowest BCUT2D eigenvalue weighted by Crippen LogP contribution is -2.51. The number of halogens is 3. The summed E-state index contributed by atoms with van der Waals surface area (Å²) in [5.74, 6) is -2.29. The highest BCUT2D eigenvalue weighted by molar-refractivity contribution is 7.90. The van der Waals surface area contributed by atoms with Crippen molar-refractivity contribution >= 4 is 38.9 Å². The highest BCUT2D eigenvalue weighted by Gasteiger charge is 2.31. The summed E-state index contributed by atoms with van der Waals surface area (Å²) in [6, 6.07) is 9.22. The van der Waals surface area contributed by atoms with E-state index in [1.54, 1.807) is 24.3 Å². The Morgan fingerprint density at radius 3 is 2.44 bits per heavy atom. The lowest BCUT2D eigenvalue weighted by molar-refractivity contribution is 0.268. The summed E-state index contributed by atoms with van der Waals surface area (Å²) >= 11 is 6.09. The van der Waals surface area contributed by atoms with Crippen molar-refractivity contribution in [2.24, 2.45) is 0 Å². The van der Waals surface area contributed by atoms with Gasteiger partial charge in [-0.2, -0.15) is 12.7 Å². The van der Waals surface area contributed by atoms with Crippen LogP contribution in [0.1, 0.15) is 38.5 Å². The molecule has 1 aliphatic carbocycles. The highest BCUT2D eigenvalue weighted by Crippen LogP contribution is 2.30. The van der Waals surface area contributed by atoms with E-state index in [9.17, 15) is 17.2 Å². The number of para-hydroxylation sites is 1. The van der Waals surface area contributed by atoms with Gasteiger partial charge < -0.3 is 10.6 Å². The van der Waals surface area contributed by atoms with Crippen LogP contribution in [0, 0.1) is 11.6 Å². The summed E-state index contributed by atoms with van der Waals surface area (Å²) in [4.78, 5) is 0. The molecular weight excluding hydrogens is 458 g/mol. The van der Waals surface area contributed by atoms with Gasteiger partial charge in [-0.3, -0.25) is 4.72 Å². The average molecular weight is 485 g/mol. The van der Waals surface area contributed by atoms with E-state index in [2.05, 4.69) is 15.4 Å². The third kappa shape index (κ3) is 5.51. The average Bonchev–Trinajstić information content (AvgIpc) is 3.26. The zero-order valence-electron chi connectivity index (χ0n) is 17.6. The molecule has 2 aliphatic rings. The number of hydrogen-bond acceptors (Lipinski definition) is 4. The molecule has 6 nitrogen and oxygen atoms in total. The van der Waals surface area contributed by atoms with Crippen LogP contribution in [0.15, 0.2) is 36.4 Å². The SMILES string of the molecule is O=S(=O)(Nc1cc(F)c(F)c(Nc2ccccc2Cl)c1)N1CCCC(NC2CCCC2)C1. The number of benzene rings is 2. The Kier molecular flexibility index (Phi) is 7.19. The predicted octanol–water partition coefficient (Wildman–Crippen LogP) is 5.02. The highest BCUT2D eigenvalue weighted by atomic mass is 35.5. The molecule has 1 unspecified atom stereocenters. The number of piperidine rings is 1. The van der Waals surface area contributed by atoms with Gasteiger partial charge in [0.05, 0.1) is 22.1 Å². The van der Waals surface area contributed by atoms with Gasteiger partial charge in [-0.1, -0.05) is 36.6 Å². The van der Waals surface area contributed by atoms with Crippen LogP contribution in [0.25, 0.3) is 0 Å². The number of nitrogens with zero attached hydrogens (tertiary/aromatic N) is 1. The van der Waals surface area contributed by atoms with Crippen molar-refractivity contribution in [1.82, 2.24) is 9.62 Å². The fourth-order valence-corrected chi connectivity index (χ4v) is 5.86. The first-order valence-electron chi connectivity index (χ1n) is 10.9. The Morgan fingerprint density at radius 2 is 1.69 bits per heavy atom. The first kappa shape index (κ1) is 23.2. The van der Waals surface area contributed by atoms with Gasteiger partial charge in [0.25, 0.3) is 0 Å². The van der Waals surface area contributed by atoms with E-state index in [0.717, 1.165) is 31.7 Å². The molecule has 1 atom stereocenters. The molecule has 1 aliphatic heterocycles. The quantitative estimate of drug-likeness (QED) is 0.516. The Morgan fingerprint density at radius 1 is 0.969 bits per heavy atom. The van der Waals surface area contributed by atoms with Crippen LogP contribution in [0.2, 0.25) is 5.02 Å². The maximum absolute atomic E-state index is 14.4. The molecule has 1 heterocycles. The topological polar surface area (TPSA) is 73.5 Å². The molecular formula is C22H27ClF2N4O2S. The molecule has 10 heteroatoms. The molecule has 0 aromatic heterocycles. The summed E-state index contributed by atoms with van der Waals surface area (Å²) in [6.07, 6.45) is 6.31. The zero-order chi connectivity index (χ0) is 22.7. The smallest absolute Gasteiger partial charge is 0.301 e. The van der Waals surface area contributed by atoms with E-state index in [1.807, 2.05) is 0 Å². The van der Waals surface area contributed by atoms with Gasteiger partial charge in [0.1, 0.15) is 0 Å². The summed E-state index contributed by atoms with van der Waals surface area (Å²) in [7, 11) is -3.93. The number of anilines is 3. The van der Waals surface area contributed by atoms with E-state index in [4.69, 9.17) is 11.6 Å². The van der Waals surface area contributed by atoms with E-state index in [-0.39, 0.29) is 17.4 Å². The molecule has 1 saturated carbocycles. The normalized spacial score (nSPS) is 20.4. The van der Waals surface area contributed by atoms with Crippen LogP contribution in [0.3, 0.4) is 0 Å². The third-order valence-electron chi connectivity index (χ3n) is 5.97. The molecule has 2 aromatic rings. The minimum absolute atomic E-state index is 0.0654. The van der Waals surface area contributed by atoms with Gasteiger partial charge in [0.15, 0.2) is 11.6 Å². The van der Waals surface area contributed by atoms with Crippen molar-refractivity contribution in [3.63, 3.8) is 0 Å². The summed E-state index contributed by atoms with van der Waals surface area (Å²) in [6.45, 7) is 0.729. The van der Waals surface area contributed by atoms with Crippen LogP contribution in [0.5, 0.6) is 0 Å². The Bertz CT molecular complexity index is 1060. The molecule has 0 spiro atoms. The summed E-state index contributed by atoms with van der Waals surface area (Å²) in [5, 5.41) is 6.63. The van der Waals surface area contributed by atoms with Gasteiger partial charge in [-0.25, -0.2) is 8.78 Å². The van der Waals surface area contributed by atoms with Crippen LogP contribution in [-0.2, 0) is 10.2 Å². The van der Waals surface area contributed by atoms with Crippen LogP contribution in [-0.4, -0.2) is 37.9 Å². The summed E-state index contributed by atoms with van der Waals surface area (Å²) in [5.41, 5.74) is 0.101. The first-order chi connectivity index (χ1) is 15.3. The standard InChI is InChI=1S/C22H27ClF2N4O2S/c23-18-9-3-4-10-20(18)27-21-13-17(12-19(24)22(21)25)28-32(30,31)29-11-5-8-16(14-29)26-15-6-1-2-7-15/h3-4,9-10,12-13,15-16,26-28H,1-2,5-8,11,14H2. The number of hydrogen-bond donors (Lipinski definition) is 3. The number of rotatable bonds is 7. The summed E-state index contributed by atoms with van der Waals surface area (Å²) < 4.78 is 58.3. The van der Waals surface area contributed by atoms with Crippen LogP contribution in [0.4, 0.5) is 25.8 Å². The monoisotopic (exact) mass is 484 g/mol. The van der Waals surface area contributed by atoms with Gasteiger partial charge in [-0.15, -0.1) is 0 Å². The second-order valence-corrected chi connectivity index (χ2v) is 10.5. The van der Waals surface area contributed by atoms with Crippen molar-refractivity contribution in [1.29, 1.82) is 0 Å². The Hall–Kier alpha value is -1.94. The first-order valence-corrected chi connectivity index (χ1v) is 12.7. The lowest BCUT2D eigenvalue weighted by Gasteiger charge is -2.34. The van der Waals surface area contributed by atoms with Gasteiger partial charge in [0, 0.05) is 31.2 Å². The second-order valence-electron chi connectivity index (χ2n) is 8.38. The van der Waals surface area contributed by atoms with Gasteiger partial charge in [0.2, 0.25) is 0 Å². The van der Waals surface area contributed by atoms with Crippen molar-refractivity contribution in [3.8, 4) is 0 Å². The molecule has 2 fully saturated rings. The molecule has 4 rings (SSSR count). The van der Waals surface area contributed by atoms with Gasteiger partial charge in [-0.05, 0) is 43.9 Å². The molecule has 32 heavy (non-hydrogen) atoms.